The predicted molar refractivity (Wildman–Crippen MR) is 86.9 cm³/mol. The van der Waals surface area contributed by atoms with Crippen molar-refractivity contribution < 1.29 is 9.53 Å². The van der Waals surface area contributed by atoms with Crippen LogP contribution in [0.15, 0.2) is 48.5 Å². The van der Waals surface area contributed by atoms with Crippen molar-refractivity contribution in [2.45, 2.75) is 32.5 Å². The molecule has 1 unspecified atom stereocenters. The van der Waals surface area contributed by atoms with E-state index in [0.717, 1.165) is 11.1 Å². The Morgan fingerprint density at radius 2 is 1.91 bits per heavy atom. The summed E-state index contributed by atoms with van der Waals surface area (Å²) < 4.78 is 5.87. The Balaban J connectivity index is 1.93. The zero-order valence-electron chi connectivity index (χ0n) is 13.2. The molecule has 2 aromatic carbocycles. The van der Waals surface area contributed by atoms with Crippen LogP contribution in [-0.4, -0.2) is 16.8 Å². The predicted octanol–water partition coefficient (Wildman–Crippen LogP) is 3.69. The summed E-state index contributed by atoms with van der Waals surface area (Å²) in [7, 11) is 0. The SMILES string of the molecule is CC(C)N1C(=O)c2c(OCc3ccccc3)cccc2C1C#N. The minimum atomic E-state index is -0.544. The molecule has 0 spiro atoms. The van der Waals surface area contributed by atoms with Gasteiger partial charge in [-0.1, -0.05) is 42.5 Å². The van der Waals surface area contributed by atoms with Crippen molar-refractivity contribution in [1.29, 1.82) is 5.26 Å². The molecule has 0 saturated carbocycles. The number of hydrogen-bond donors (Lipinski definition) is 0. The third-order valence-electron chi connectivity index (χ3n) is 4.00. The molecule has 1 heterocycles. The highest BCUT2D eigenvalue weighted by Crippen LogP contribution is 2.39. The maximum Gasteiger partial charge on any atom is 0.259 e. The Morgan fingerprint density at radius 1 is 1.17 bits per heavy atom. The maximum absolute atomic E-state index is 12.7. The Labute approximate surface area is 135 Å². The molecule has 0 fully saturated rings. The van der Waals surface area contributed by atoms with E-state index in [1.807, 2.05) is 56.3 Å². The van der Waals surface area contributed by atoms with E-state index in [0.29, 0.717) is 17.9 Å². The van der Waals surface area contributed by atoms with E-state index in [2.05, 4.69) is 6.07 Å². The lowest BCUT2D eigenvalue weighted by atomic mass is 10.0. The van der Waals surface area contributed by atoms with Crippen LogP contribution in [0.1, 0.15) is 41.4 Å². The molecule has 0 saturated heterocycles. The number of nitriles is 1. The highest BCUT2D eigenvalue weighted by Gasteiger charge is 2.40. The van der Waals surface area contributed by atoms with Gasteiger partial charge in [-0.05, 0) is 25.5 Å². The van der Waals surface area contributed by atoms with Crippen LogP contribution in [0, 0.1) is 11.3 Å². The van der Waals surface area contributed by atoms with Crippen molar-refractivity contribution in [2.24, 2.45) is 0 Å². The number of hydrogen-bond acceptors (Lipinski definition) is 3. The summed E-state index contributed by atoms with van der Waals surface area (Å²) in [5.74, 6) is 0.407. The highest BCUT2D eigenvalue weighted by molar-refractivity contribution is 6.02. The van der Waals surface area contributed by atoms with Crippen molar-refractivity contribution in [3.05, 3.63) is 65.2 Å². The molecule has 1 amide bonds. The fraction of sp³-hybridized carbons (Fsp3) is 0.263. The maximum atomic E-state index is 12.7. The summed E-state index contributed by atoms with van der Waals surface area (Å²) in [6, 6.07) is 16.9. The molecule has 1 atom stereocenters. The summed E-state index contributed by atoms with van der Waals surface area (Å²) in [5.41, 5.74) is 2.29. The van der Waals surface area contributed by atoms with E-state index >= 15 is 0 Å². The lowest BCUT2D eigenvalue weighted by molar-refractivity contribution is 0.0701. The Hall–Kier alpha value is -2.80. The summed E-state index contributed by atoms with van der Waals surface area (Å²) >= 11 is 0. The second-order valence-electron chi connectivity index (χ2n) is 5.83. The first-order valence-electron chi connectivity index (χ1n) is 7.65. The van der Waals surface area contributed by atoms with Gasteiger partial charge in [0.05, 0.1) is 11.6 Å². The lowest BCUT2D eigenvalue weighted by Gasteiger charge is -2.24. The van der Waals surface area contributed by atoms with Gasteiger partial charge in [0, 0.05) is 11.6 Å². The average molecular weight is 306 g/mol. The van der Waals surface area contributed by atoms with Gasteiger partial charge in [-0.2, -0.15) is 5.26 Å². The molecule has 4 heteroatoms. The zero-order chi connectivity index (χ0) is 16.4. The molecule has 4 nitrogen and oxygen atoms in total. The quantitative estimate of drug-likeness (QED) is 0.865. The summed E-state index contributed by atoms with van der Waals surface area (Å²) in [6.45, 7) is 4.22. The average Bonchev–Trinajstić information content (AvgIpc) is 2.87. The molecule has 1 aliphatic rings. The third-order valence-corrected chi connectivity index (χ3v) is 4.00. The van der Waals surface area contributed by atoms with Gasteiger partial charge in [-0.15, -0.1) is 0 Å². The van der Waals surface area contributed by atoms with E-state index in [1.165, 1.54) is 0 Å². The van der Waals surface area contributed by atoms with Gasteiger partial charge in [-0.3, -0.25) is 4.79 Å². The molecule has 3 rings (SSSR count). The van der Waals surface area contributed by atoms with Crippen molar-refractivity contribution in [3.8, 4) is 11.8 Å². The van der Waals surface area contributed by atoms with E-state index in [4.69, 9.17) is 4.74 Å². The van der Waals surface area contributed by atoms with Crippen LogP contribution in [0.3, 0.4) is 0 Å². The number of ether oxygens (including phenoxy) is 1. The number of carbonyl (C=O) groups is 1. The number of rotatable bonds is 4. The van der Waals surface area contributed by atoms with Gasteiger partial charge < -0.3 is 9.64 Å². The minimum absolute atomic E-state index is 0.0403. The normalized spacial score (nSPS) is 16.3. The molecule has 0 aromatic heterocycles. The van der Waals surface area contributed by atoms with Gasteiger partial charge in [0.2, 0.25) is 0 Å². The first kappa shape index (κ1) is 15.1. The molecule has 1 aliphatic heterocycles. The number of fused-ring (bicyclic) bond motifs is 1. The van der Waals surface area contributed by atoms with Gasteiger partial charge >= 0.3 is 0 Å². The van der Waals surface area contributed by atoms with Crippen LogP contribution < -0.4 is 4.74 Å². The van der Waals surface area contributed by atoms with Crippen LogP contribution in [-0.2, 0) is 6.61 Å². The number of nitrogens with zero attached hydrogens (tertiary/aromatic N) is 2. The zero-order valence-corrected chi connectivity index (χ0v) is 13.2. The molecule has 0 aliphatic carbocycles. The van der Waals surface area contributed by atoms with Crippen molar-refractivity contribution >= 4 is 5.91 Å². The van der Waals surface area contributed by atoms with Crippen LogP contribution in [0.5, 0.6) is 5.75 Å². The molecular weight excluding hydrogens is 288 g/mol. The Morgan fingerprint density at radius 3 is 2.57 bits per heavy atom. The van der Waals surface area contributed by atoms with E-state index < -0.39 is 6.04 Å². The topological polar surface area (TPSA) is 53.3 Å². The van der Waals surface area contributed by atoms with E-state index in [-0.39, 0.29) is 11.9 Å². The van der Waals surface area contributed by atoms with Gasteiger partial charge in [0.15, 0.2) is 0 Å². The second-order valence-corrected chi connectivity index (χ2v) is 5.83. The van der Waals surface area contributed by atoms with Gasteiger partial charge in [0.1, 0.15) is 18.4 Å². The van der Waals surface area contributed by atoms with Crippen LogP contribution in [0.25, 0.3) is 0 Å². The summed E-state index contributed by atoms with van der Waals surface area (Å²) in [5, 5.41) is 9.46. The van der Waals surface area contributed by atoms with Crippen molar-refractivity contribution in [3.63, 3.8) is 0 Å². The monoisotopic (exact) mass is 306 g/mol. The molecule has 0 N–H and O–H groups in total. The molecule has 0 radical (unpaired) electrons. The van der Waals surface area contributed by atoms with Gasteiger partial charge in [-0.25, -0.2) is 0 Å². The number of benzene rings is 2. The first-order chi connectivity index (χ1) is 11.1. The third kappa shape index (κ3) is 2.66. The van der Waals surface area contributed by atoms with Crippen LogP contribution in [0.4, 0.5) is 0 Å². The number of carbonyl (C=O) groups excluding carboxylic acids is 1. The highest BCUT2D eigenvalue weighted by atomic mass is 16.5. The van der Waals surface area contributed by atoms with Crippen LogP contribution in [0.2, 0.25) is 0 Å². The molecule has 0 bridgehead atoms. The van der Waals surface area contributed by atoms with Gasteiger partial charge in [0.25, 0.3) is 5.91 Å². The van der Waals surface area contributed by atoms with Crippen molar-refractivity contribution in [1.82, 2.24) is 4.90 Å². The Bertz CT molecular complexity index is 763. The molecule has 2 aromatic rings. The van der Waals surface area contributed by atoms with Crippen LogP contribution >= 0.6 is 0 Å². The van der Waals surface area contributed by atoms with E-state index in [9.17, 15) is 10.1 Å². The second kappa shape index (κ2) is 6.13. The molecular formula is C19H18N2O2. The fourth-order valence-electron chi connectivity index (χ4n) is 2.92. The Kier molecular flexibility index (Phi) is 4.03. The molecule has 116 valence electrons. The lowest BCUT2D eigenvalue weighted by Crippen LogP contribution is -2.33. The standard InChI is InChI=1S/C19H18N2O2/c1-13(2)21-16(11-20)15-9-6-10-17(18(15)19(21)22)23-12-14-7-4-3-5-8-14/h3-10,13,16H,12H2,1-2H3. The smallest absolute Gasteiger partial charge is 0.259 e. The minimum Gasteiger partial charge on any atom is -0.488 e. The summed E-state index contributed by atoms with van der Waals surface area (Å²) in [4.78, 5) is 14.3. The summed E-state index contributed by atoms with van der Waals surface area (Å²) in [6.07, 6.45) is 0. The number of amides is 1. The largest absolute Gasteiger partial charge is 0.488 e. The van der Waals surface area contributed by atoms with Crippen molar-refractivity contribution in [2.75, 3.05) is 0 Å². The molecule has 23 heavy (non-hydrogen) atoms. The first-order valence-corrected chi connectivity index (χ1v) is 7.65. The van der Waals surface area contributed by atoms with E-state index in [1.54, 1.807) is 11.0 Å². The fourth-order valence-corrected chi connectivity index (χ4v) is 2.92.